The van der Waals surface area contributed by atoms with Crippen molar-refractivity contribution in [3.8, 4) is 5.75 Å². The van der Waals surface area contributed by atoms with E-state index in [2.05, 4.69) is 37.4 Å². The van der Waals surface area contributed by atoms with Crippen LogP contribution < -0.4 is 10.1 Å². The maximum atomic E-state index is 12.7. The third-order valence-electron chi connectivity index (χ3n) is 5.70. The summed E-state index contributed by atoms with van der Waals surface area (Å²) >= 11 is 0. The van der Waals surface area contributed by atoms with Crippen molar-refractivity contribution in [3.05, 3.63) is 77.2 Å². The molecule has 0 unspecified atom stereocenters. The minimum absolute atomic E-state index is 0.0783. The van der Waals surface area contributed by atoms with E-state index in [1.807, 2.05) is 50.2 Å². The number of carbonyl (C=O) groups excluding carboxylic acids is 1. The van der Waals surface area contributed by atoms with Crippen molar-refractivity contribution in [2.24, 2.45) is 0 Å². The Morgan fingerprint density at radius 3 is 2.69 bits per heavy atom. The summed E-state index contributed by atoms with van der Waals surface area (Å²) < 4.78 is 5.58. The molecular formula is C25H23N5O2. The molecule has 1 aliphatic rings. The Bertz CT molecular complexity index is 1310. The van der Waals surface area contributed by atoms with Gasteiger partial charge in [0.25, 0.3) is 0 Å². The number of anilines is 2. The molecule has 7 nitrogen and oxygen atoms in total. The lowest BCUT2D eigenvalue weighted by Gasteiger charge is -2.23. The molecule has 1 N–H and O–H groups in total. The van der Waals surface area contributed by atoms with Gasteiger partial charge in [0.2, 0.25) is 11.9 Å². The molecule has 0 radical (unpaired) electrons. The molecule has 4 aromatic rings. The Hall–Kier alpha value is -3.87. The van der Waals surface area contributed by atoms with Gasteiger partial charge in [-0.25, -0.2) is 19.9 Å². The van der Waals surface area contributed by atoms with Crippen molar-refractivity contribution < 1.29 is 9.53 Å². The average molecular weight is 425 g/mol. The number of hydrogen-bond acceptors (Lipinski definition) is 7. The summed E-state index contributed by atoms with van der Waals surface area (Å²) in [6.45, 7) is 4.49. The number of hydrogen-bond donors (Lipinski definition) is 1. The number of benzene rings is 2. The van der Waals surface area contributed by atoms with Crippen LogP contribution in [0.4, 0.5) is 11.9 Å². The van der Waals surface area contributed by atoms with Gasteiger partial charge in [-0.1, -0.05) is 30.3 Å². The first-order valence-electron chi connectivity index (χ1n) is 10.7. The zero-order valence-corrected chi connectivity index (χ0v) is 18.0. The predicted molar refractivity (Wildman–Crippen MR) is 123 cm³/mol. The van der Waals surface area contributed by atoms with E-state index in [1.54, 1.807) is 6.20 Å². The molecule has 0 saturated carbocycles. The van der Waals surface area contributed by atoms with Gasteiger partial charge >= 0.3 is 0 Å². The second kappa shape index (κ2) is 8.34. The molecule has 0 bridgehead atoms. The molecule has 2 heterocycles. The van der Waals surface area contributed by atoms with Crippen LogP contribution in [0.5, 0.6) is 5.75 Å². The topological polar surface area (TPSA) is 89.9 Å². The molecule has 0 saturated heterocycles. The van der Waals surface area contributed by atoms with Gasteiger partial charge in [0.05, 0.1) is 29.1 Å². The largest absolute Gasteiger partial charge is 0.494 e. The fraction of sp³-hybridized carbons (Fsp3) is 0.240. The van der Waals surface area contributed by atoms with Crippen LogP contribution in [-0.2, 0) is 6.42 Å². The molecule has 7 heteroatoms. The van der Waals surface area contributed by atoms with Crippen LogP contribution in [0.2, 0.25) is 0 Å². The molecular weight excluding hydrogens is 402 g/mol. The van der Waals surface area contributed by atoms with Crippen LogP contribution in [0.3, 0.4) is 0 Å². The zero-order chi connectivity index (χ0) is 22.1. The number of ether oxygens (including phenoxy) is 1. The zero-order valence-electron chi connectivity index (χ0n) is 18.0. The molecule has 0 fully saturated rings. The van der Waals surface area contributed by atoms with Crippen molar-refractivity contribution >= 4 is 28.6 Å². The third-order valence-corrected chi connectivity index (χ3v) is 5.70. The van der Waals surface area contributed by atoms with Gasteiger partial charge in [-0.3, -0.25) is 10.1 Å². The highest BCUT2D eigenvalue weighted by Gasteiger charge is 2.28. The van der Waals surface area contributed by atoms with Gasteiger partial charge in [-0.05, 0) is 49.9 Å². The molecule has 0 amide bonds. The monoisotopic (exact) mass is 425 g/mol. The molecule has 2 aromatic heterocycles. The quantitative estimate of drug-likeness (QED) is 0.492. The third kappa shape index (κ3) is 3.89. The van der Waals surface area contributed by atoms with E-state index >= 15 is 0 Å². The Balaban J connectivity index is 1.42. The van der Waals surface area contributed by atoms with Crippen molar-refractivity contribution in [1.29, 1.82) is 0 Å². The summed E-state index contributed by atoms with van der Waals surface area (Å²) in [5, 5.41) is 4.04. The highest BCUT2D eigenvalue weighted by Crippen LogP contribution is 2.32. The van der Waals surface area contributed by atoms with Gasteiger partial charge in [0.1, 0.15) is 5.75 Å². The Morgan fingerprint density at radius 1 is 1.03 bits per heavy atom. The number of rotatable bonds is 5. The normalized spacial score (nSPS) is 15.4. The first kappa shape index (κ1) is 20.1. The van der Waals surface area contributed by atoms with Crippen molar-refractivity contribution in [3.63, 3.8) is 0 Å². The van der Waals surface area contributed by atoms with Crippen molar-refractivity contribution in [2.75, 3.05) is 11.9 Å². The number of aryl methyl sites for hydroxylation is 1. The number of fused-ring (bicyclic) bond motifs is 2. The van der Waals surface area contributed by atoms with Gasteiger partial charge in [-0.15, -0.1) is 0 Å². The summed E-state index contributed by atoms with van der Waals surface area (Å²) in [5.41, 5.74) is 4.14. The Labute approximate surface area is 185 Å². The van der Waals surface area contributed by atoms with Crippen LogP contribution in [0.25, 0.3) is 10.9 Å². The number of nitrogens with one attached hydrogen (secondary N) is 1. The second-order valence-electron chi connectivity index (χ2n) is 7.86. The SMILES string of the molecule is CCOc1ccc2nc(Nc3ncc4c(n3)C[C@@H](c3ccccc3)CC4=O)nc(C)c2c1. The van der Waals surface area contributed by atoms with Gasteiger partial charge in [0, 0.05) is 18.0 Å². The van der Waals surface area contributed by atoms with E-state index in [0.717, 1.165) is 33.6 Å². The number of carbonyl (C=O) groups is 1. The Kier molecular flexibility index (Phi) is 5.23. The summed E-state index contributed by atoms with van der Waals surface area (Å²) in [5.74, 6) is 1.80. The van der Waals surface area contributed by atoms with E-state index in [1.165, 1.54) is 0 Å². The number of nitrogens with zero attached hydrogens (tertiary/aromatic N) is 4. The van der Waals surface area contributed by atoms with Gasteiger partial charge in [-0.2, -0.15) is 0 Å². The van der Waals surface area contributed by atoms with Crippen LogP contribution in [0.1, 0.15) is 46.6 Å². The van der Waals surface area contributed by atoms with Crippen LogP contribution in [0, 0.1) is 6.92 Å². The highest BCUT2D eigenvalue weighted by atomic mass is 16.5. The smallest absolute Gasteiger partial charge is 0.230 e. The molecule has 0 aliphatic heterocycles. The van der Waals surface area contributed by atoms with Crippen LogP contribution in [-0.4, -0.2) is 32.3 Å². The molecule has 5 rings (SSSR count). The molecule has 2 aromatic carbocycles. The van der Waals surface area contributed by atoms with E-state index in [0.29, 0.717) is 36.9 Å². The second-order valence-corrected chi connectivity index (χ2v) is 7.86. The first-order valence-corrected chi connectivity index (χ1v) is 10.7. The minimum Gasteiger partial charge on any atom is -0.494 e. The standard InChI is InChI=1S/C25H23N5O2/c1-3-32-18-9-10-21-19(13-18)15(2)27-25(28-21)30-24-26-14-20-22(29-24)11-17(12-23(20)31)16-7-5-4-6-8-16/h4-10,13-14,17H,3,11-12H2,1-2H3,(H,26,27,28,29,30)/t17-/m1/s1. The molecule has 32 heavy (non-hydrogen) atoms. The fourth-order valence-electron chi connectivity index (χ4n) is 4.14. The highest BCUT2D eigenvalue weighted by molar-refractivity contribution is 5.98. The van der Waals surface area contributed by atoms with Crippen molar-refractivity contribution in [1.82, 2.24) is 19.9 Å². The molecule has 160 valence electrons. The number of Topliss-reactive ketones (excluding diaryl/α,β-unsaturated/α-hetero) is 1. The molecule has 0 spiro atoms. The minimum atomic E-state index is 0.0783. The maximum Gasteiger partial charge on any atom is 0.230 e. The first-order chi connectivity index (χ1) is 15.6. The fourth-order valence-corrected chi connectivity index (χ4v) is 4.14. The molecule has 1 aliphatic carbocycles. The van der Waals surface area contributed by atoms with Crippen LogP contribution >= 0.6 is 0 Å². The Morgan fingerprint density at radius 2 is 1.88 bits per heavy atom. The lowest BCUT2D eigenvalue weighted by Crippen LogP contribution is -2.21. The van der Waals surface area contributed by atoms with E-state index in [9.17, 15) is 4.79 Å². The summed E-state index contributed by atoms with van der Waals surface area (Å²) in [7, 11) is 0. The number of aromatic nitrogens is 4. The van der Waals surface area contributed by atoms with Crippen molar-refractivity contribution in [2.45, 2.75) is 32.6 Å². The van der Waals surface area contributed by atoms with Crippen LogP contribution in [0.15, 0.2) is 54.7 Å². The maximum absolute atomic E-state index is 12.7. The lowest BCUT2D eigenvalue weighted by molar-refractivity contribution is 0.0962. The van der Waals surface area contributed by atoms with E-state index in [-0.39, 0.29) is 11.7 Å². The summed E-state index contributed by atoms with van der Waals surface area (Å²) in [6.07, 6.45) is 2.78. The lowest BCUT2D eigenvalue weighted by atomic mass is 9.82. The van der Waals surface area contributed by atoms with Gasteiger partial charge < -0.3 is 4.74 Å². The van der Waals surface area contributed by atoms with E-state index in [4.69, 9.17) is 4.74 Å². The summed E-state index contributed by atoms with van der Waals surface area (Å²) in [6, 6.07) is 15.9. The van der Waals surface area contributed by atoms with E-state index < -0.39 is 0 Å². The molecule has 1 atom stereocenters. The average Bonchev–Trinajstić information content (AvgIpc) is 2.80. The predicted octanol–water partition coefficient (Wildman–Crippen LogP) is 4.78. The van der Waals surface area contributed by atoms with Gasteiger partial charge in [0.15, 0.2) is 5.78 Å². The number of ketones is 1. The summed E-state index contributed by atoms with van der Waals surface area (Å²) in [4.78, 5) is 30.8.